The summed E-state index contributed by atoms with van der Waals surface area (Å²) in [7, 11) is -4.04. The van der Waals surface area contributed by atoms with Crippen molar-refractivity contribution in [2.45, 2.75) is 103 Å². The minimum Gasteiger partial charge on any atom is -0.324 e. The summed E-state index contributed by atoms with van der Waals surface area (Å²) in [5.74, 6) is 0.961. The smallest absolute Gasteiger partial charge is 0.264 e. The number of anilines is 1. The molecular formula is C36H45N5O4S. The van der Waals surface area contributed by atoms with Crippen molar-refractivity contribution < 1.29 is 18.0 Å². The maximum atomic E-state index is 13.3. The van der Waals surface area contributed by atoms with Crippen LogP contribution in [0.4, 0.5) is 5.69 Å². The third kappa shape index (κ3) is 7.84. The summed E-state index contributed by atoms with van der Waals surface area (Å²) >= 11 is 0. The summed E-state index contributed by atoms with van der Waals surface area (Å²) in [5, 5.41) is 2.97. The van der Waals surface area contributed by atoms with Crippen LogP contribution in [0, 0.1) is 12.8 Å². The van der Waals surface area contributed by atoms with Crippen LogP contribution < -0.4 is 10.0 Å². The van der Waals surface area contributed by atoms with E-state index in [-0.39, 0.29) is 17.2 Å². The molecule has 10 heteroatoms. The van der Waals surface area contributed by atoms with E-state index >= 15 is 0 Å². The number of pyridine rings is 1. The number of nitrogens with zero attached hydrogens (tertiary/aromatic N) is 3. The van der Waals surface area contributed by atoms with Crippen molar-refractivity contribution in [2.24, 2.45) is 5.92 Å². The fourth-order valence-electron chi connectivity index (χ4n) is 6.28. The van der Waals surface area contributed by atoms with E-state index in [1.54, 1.807) is 30.5 Å². The molecule has 0 radical (unpaired) electrons. The third-order valence-corrected chi connectivity index (χ3v) is 10.3. The number of carbonyl (C=O) groups excluding carboxylic acids is 2. The largest absolute Gasteiger partial charge is 0.324 e. The summed E-state index contributed by atoms with van der Waals surface area (Å²) in [4.78, 5) is 34.7. The Kier molecular flexibility index (Phi) is 10.9. The Hall–Kier alpha value is -4.05. The van der Waals surface area contributed by atoms with E-state index in [2.05, 4.69) is 21.5 Å². The van der Waals surface area contributed by atoms with E-state index < -0.39 is 15.9 Å². The highest BCUT2D eigenvalue weighted by molar-refractivity contribution is 7.90. The quantitative estimate of drug-likeness (QED) is 0.149. The molecule has 4 aromatic rings. The van der Waals surface area contributed by atoms with E-state index in [1.165, 1.54) is 12.8 Å². The number of aromatic nitrogens is 3. The highest BCUT2D eigenvalue weighted by Crippen LogP contribution is 2.31. The Labute approximate surface area is 272 Å². The third-order valence-electron chi connectivity index (χ3n) is 8.88. The average molecular weight is 644 g/mol. The number of rotatable bonds is 14. The zero-order valence-corrected chi connectivity index (χ0v) is 28.0. The molecule has 5 rings (SSSR count). The lowest BCUT2D eigenvalue weighted by Gasteiger charge is -2.14. The summed E-state index contributed by atoms with van der Waals surface area (Å²) in [6.45, 7) is 6.63. The van der Waals surface area contributed by atoms with Crippen LogP contribution in [0.5, 0.6) is 0 Å². The molecule has 1 aliphatic carbocycles. The normalized spacial score (nSPS) is 13.7. The second-order valence-corrected chi connectivity index (χ2v) is 14.0. The van der Waals surface area contributed by atoms with Gasteiger partial charge in [-0.25, -0.2) is 23.1 Å². The van der Waals surface area contributed by atoms with Crippen LogP contribution in [0.3, 0.4) is 0 Å². The summed E-state index contributed by atoms with van der Waals surface area (Å²) in [6, 6.07) is 14.6. The summed E-state index contributed by atoms with van der Waals surface area (Å²) in [6.07, 6.45) is 11.3. The first-order valence-corrected chi connectivity index (χ1v) is 18.1. The van der Waals surface area contributed by atoms with Gasteiger partial charge in [0.15, 0.2) is 5.65 Å². The molecule has 2 aromatic heterocycles. The molecule has 0 saturated heterocycles. The number of aryl methyl sites for hydroxylation is 2. The number of sulfonamides is 1. The number of nitrogens with one attached hydrogen (secondary N) is 2. The SMILES string of the molecule is CCCCc1nc2c(C)c(NC(=O)CCC)cnc2n1Cc1ccc(-c2ccccc2S(=O)(=O)NC(=O)CCC2CCCC2)cc1. The molecule has 244 valence electrons. The van der Waals surface area contributed by atoms with Gasteiger partial charge >= 0.3 is 0 Å². The van der Waals surface area contributed by atoms with Crippen molar-refractivity contribution in [2.75, 3.05) is 5.32 Å². The van der Waals surface area contributed by atoms with Gasteiger partial charge in [0.2, 0.25) is 11.8 Å². The Bertz CT molecular complexity index is 1790. The minimum absolute atomic E-state index is 0.0337. The molecule has 1 aliphatic rings. The van der Waals surface area contributed by atoms with Crippen LogP contribution in [-0.2, 0) is 32.6 Å². The number of amides is 2. The molecule has 2 amide bonds. The molecular weight excluding hydrogens is 598 g/mol. The molecule has 2 N–H and O–H groups in total. The van der Waals surface area contributed by atoms with Crippen molar-refractivity contribution in [3.8, 4) is 11.1 Å². The average Bonchev–Trinajstić information content (AvgIpc) is 3.69. The number of hydrogen-bond donors (Lipinski definition) is 2. The van der Waals surface area contributed by atoms with Crippen LogP contribution >= 0.6 is 0 Å². The van der Waals surface area contributed by atoms with Gasteiger partial charge in [-0.05, 0) is 49.3 Å². The highest BCUT2D eigenvalue weighted by atomic mass is 32.2. The predicted molar refractivity (Wildman–Crippen MR) is 182 cm³/mol. The fraction of sp³-hybridized carbons (Fsp3) is 0.444. The minimum atomic E-state index is -4.04. The molecule has 9 nitrogen and oxygen atoms in total. The number of hydrogen-bond acceptors (Lipinski definition) is 6. The number of benzene rings is 2. The Morgan fingerprint density at radius 2 is 1.70 bits per heavy atom. The van der Waals surface area contributed by atoms with Crippen molar-refractivity contribution in [1.29, 1.82) is 0 Å². The molecule has 2 aromatic carbocycles. The molecule has 0 atom stereocenters. The van der Waals surface area contributed by atoms with E-state index in [9.17, 15) is 18.0 Å². The molecule has 0 aliphatic heterocycles. The van der Waals surface area contributed by atoms with E-state index in [1.807, 2.05) is 38.1 Å². The monoisotopic (exact) mass is 643 g/mol. The zero-order chi connectivity index (χ0) is 32.7. The van der Waals surface area contributed by atoms with E-state index in [4.69, 9.17) is 9.97 Å². The molecule has 0 unspecified atom stereocenters. The van der Waals surface area contributed by atoms with Gasteiger partial charge < -0.3 is 9.88 Å². The molecule has 0 spiro atoms. The van der Waals surface area contributed by atoms with Gasteiger partial charge in [-0.2, -0.15) is 0 Å². The first-order valence-electron chi connectivity index (χ1n) is 16.6. The van der Waals surface area contributed by atoms with Crippen molar-refractivity contribution in [3.05, 3.63) is 71.7 Å². The Morgan fingerprint density at radius 1 is 0.957 bits per heavy atom. The standard InChI is InChI=1S/C36H45N5O4S/c1-4-6-16-32-39-35-25(3)30(38-33(42)11-5-2)23-37-36(35)41(32)24-27-17-20-28(21-18-27)29-14-9-10-15-31(29)46(44,45)40-34(43)22-19-26-12-7-8-13-26/h9-10,14-15,17-18,20-21,23,26H,4-8,11-13,16,19,22,24H2,1-3H3,(H,38,42)(H,40,43). The van der Waals surface area contributed by atoms with Gasteiger partial charge in [0.25, 0.3) is 10.0 Å². The van der Waals surface area contributed by atoms with Crippen LogP contribution in [0.1, 0.15) is 95.0 Å². The molecule has 0 bridgehead atoms. The van der Waals surface area contributed by atoms with Gasteiger partial charge in [0, 0.05) is 30.4 Å². The highest BCUT2D eigenvalue weighted by Gasteiger charge is 2.23. The van der Waals surface area contributed by atoms with Crippen LogP contribution in [0.25, 0.3) is 22.3 Å². The van der Waals surface area contributed by atoms with E-state index in [0.717, 1.165) is 78.6 Å². The first kappa shape index (κ1) is 33.3. The van der Waals surface area contributed by atoms with Gasteiger partial charge in [0.1, 0.15) is 11.3 Å². The first-order chi connectivity index (χ1) is 22.2. The van der Waals surface area contributed by atoms with Crippen molar-refractivity contribution in [1.82, 2.24) is 19.3 Å². The lowest BCUT2D eigenvalue weighted by atomic mass is 10.0. The maximum Gasteiger partial charge on any atom is 0.264 e. The van der Waals surface area contributed by atoms with Crippen LogP contribution in [-0.4, -0.2) is 34.8 Å². The number of imidazole rings is 1. The lowest BCUT2D eigenvalue weighted by molar-refractivity contribution is -0.119. The maximum absolute atomic E-state index is 13.3. The number of unbranched alkanes of at least 4 members (excludes halogenated alkanes) is 1. The molecule has 1 saturated carbocycles. The van der Waals surface area contributed by atoms with Crippen molar-refractivity contribution in [3.63, 3.8) is 0 Å². The molecule has 2 heterocycles. The zero-order valence-electron chi connectivity index (χ0n) is 27.1. The van der Waals surface area contributed by atoms with Crippen LogP contribution in [0.15, 0.2) is 59.6 Å². The van der Waals surface area contributed by atoms with Crippen LogP contribution in [0.2, 0.25) is 0 Å². The van der Waals surface area contributed by atoms with Gasteiger partial charge in [-0.3, -0.25) is 9.59 Å². The van der Waals surface area contributed by atoms with E-state index in [0.29, 0.717) is 30.1 Å². The topological polar surface area (TPSA) is 123 Å². The van der Waals surface area contributed by atoms with Gasteiger partial charge in [0.05, 0.1) is 23.3 Å². The second kappa shape index (κ2) is 15.0. The Morgan fingerprint density at radius 3 is 2.41 bits per heavy atom. The fourth-order valence-corrected chi connectivity index (χ4v) is 7.53. The predicted octanol–water partition coefficient (Wildman–Crippen LogP) is 7.31. The molecule has 1 fully saturated rings. The summed E-state index contributed by atoms with van der Waals surface area (Å²) in [5.41, 5.74) is 5.41. The van der Waals surface area contributed by atoms with Crippen molar-refractivity contribution >= 4 is 38.7 Å². The van der Waals surface area contributed by atoms with Gasteiger partial charge in [-0.15, -0.1) is 0 Å². The molecule has 46 heavy (non-hydrogen) atoms. The Balaban J connectivity index is 1.37. The lowest BCUT2D eigenvalue weighted by Crippen LogP contribution is -2.31. The number of fused-ring (bicyclic) bond motifs is 1. The van der Waals surface area contributed by atoms with Gasteiger partial charge in [-0.1, -0.05) is 88.4 Å². The number of carbonyl (C=O) groups is 2. The second-order valence-electron chi connectivity index (χ2n) is 12.4. The summed E-state index contributed by atoms with van der Waals surface area (Å²) < 4.78 is 31.1.